The number of benzene rings is 1. The van der Waals surface area contributed by atoms with E-state index in [1.807, 2.05) is 0 Å². The summed E-state index contributed by atoms with van der Waals surface area (Å²) in [5.41, 5.74) is 5.88. The molecule has 88 valence electrons. The second-order valence-electron chi connectivity index (χ2n) is 3.17. The van der Waals surface area contributed by atoms with Gasteiger partial charge in [-0.1, -0.05) is 15.9 Å². The number of aliphatic carboxylic acids is 1. The fraction of sp³-hybridized carbons (Fsp3) is 0.300. The number of phenolic OH excluding ortho intramolecular Hbond substituents is 1. The van der Waals surface area contributed by atoms with E-state index < -0.39 is 11.9 Å². The van der Waals surface area contributed by atoms with Crippen LogP contribution in [-0.4, -0.2) is 29.8 Å². The maximum Gasteiger partial charge on any atom is 0.312 e. The molecular weight excluding hydrogens is 278 g/mol. The number of phenols is 1. The van der Waals surface area contributed by atoms with Crippen LogP contribution in [0.25, 0.3) is 0 Å². The molecule has 0 aliphatic carbocycles. The number of rotatable bonds is 4. The molecule has 4 N–H and O–H groups in total. The lowest BCUT2D eigenvalue weighted by Gasteiger charge is -2.14. The van der Waals surface area contributed by atoms with Crippen LogP contribution < -0.4 is 10.5 Å². The number of halogens is 1. The van der Waals surface area contributed by atoms with E-state index in [4.69, 9.17) is 15.6 Å². The highest BCUT2D eigenvalue weighted by Gasteiger charge is 2.22. The molecule has 0 aliphatic heterocycles. The molecule has 0 aliphatic rings. The molecule has 0 saturated heterocycles. The SMILES string of the molecule is COc1cc(C(CN)C(=O)O)c(Br)cc1O. The monoisotopic (exact) mass is 289 g/mol. The topological polar surface area (TPSA) is 92.8 Å². The van der Waals surface area contributed by atoms with Crippen molar-refractivity contribution < 1.29 is 19.7 Å². The van der Waals surface area contributed by atoms with Crippen LogP contribution in [0, 0.1) is 0 Å². The highest BCUT2D eigenvalue weighted by atomic mass is 79.9. The van der Waals surface area contributed by atoms with Crippen molar-refractivity contribution in [3.8, 4) is 11.5 Å². The highest BCUT2D eigenvalue weighted by Crippen LogP contribution is 2.35. The molecule has 0 spiro atoms. The zero-order valence-corrected chi connectivity index (χ0v) is 10.2. The molecule has 0 radical (unpaired) electrons. The van der Waals surface area contributed by atoms with Crippen molar-refractivity contribution in [1.82, 2.24) is 0 Å². The van der Waals surface area contributed by atoms with Gasteiger partial charge in [-0.2, -0.15) is 0 Å². The Balaban J connectivity index is 3.26. The minimum Gasteiger partial charge on any atom is -0.504 e. The lowest BCUT2D eigenvalue weighted by molar-refractivity contribution is -0.138. The molecule has 1 aromatic carbocycles. The fourth-order valence-corrected chi connectivity index (χ4v) is 1.96. The minimum atomic E-state index is -1.02. The summed E-state index contributed by atoms with van der Waals surface area (Å²) < 4.78 is 5.40. The summed E-state index contributed by atoms with van der Waals surface area (Å²) in [7, 11) is 1.39. The molecule has 1 unspecified atom stereocenters. The van der Waals surface area contributed by atoms with Gasteiger partial charge in [0.2, 0.25) is 0 Å². The normalized spacial score (nSPS) is 12.2. The van der Waals surface area contributed by atoms with Gasteiger partial charge in [0.25, 0.3) is 0 Å². The summed E-state index contributed by atoms with van der Waals surface area (Å²) in [5, 5.41) is 18.5. The number of carboxylic acid groups (broad SMARTS) is 1. The summed E-state index contributed by atoms with van der Waals surface area (Å²) in [5.74, 6) is -1.68. The second kappa shape index (κ2) is 5.18. The van der Waals surface area contributed by atoms with Gasteiger partial charge >= 0.3 is 5.97 Å². The van der Waals surface area contributed by atoms with Crippen molar-refractivity contribution >= 4 is 21.9 Å². The number of hydrogen-bond acceptors (Lipinski definition) is 4. The molecule has 6 heteroatoms. The number of ether oxygens (including phenoxy) is 1. The Morgan fingerprint density at radius 3 is 2.69 bits per heavy atom. The third kappa shape index (κ3) is 2.45. The third-order valence-electron chi connectivity index (χ3n) is 2.21. The standard InChI is InChI=1S/C10H12BrNO4/c1-16-9-2-5(6(4-12)10(14)15)7(11)3-8(9)13/h2-3,6,13H,4,12H2,1H3,(H,14,15). The van der Waals surface area contributed by atoms with Crippen LogP contribution in [0.2, 0.25) is 0 Å². The summed E-state index contributed by atoms with van der Waals surface area (Å²) in [6.07, 6.45) is 0. The fourth-order valence-electron chi connectivity index (χ4n) is 1.35. The molecule has 1 rings (SSSR count). The van der Waals surface area contributed by atoms with Crippen molar-refractivity contribution in [3.63, 3.8) is 0 Å². The van der Waals surface area contributed by atoms with Crippen LogP contribution in [0.4, 0.5) is 0 Å². The van der Waals surface area contributed by atoms with Crippen molar-refractivity contribution in [2.45, 2.75) is 5.92 Å². The van der Waals surface area contributed by atoms with Crippen LogP contribution >= 0.6 is 15.9 Å². The quantitative estimate of drug-likeness (QED) is 0.777. The summed E-state index contributed by atoms with van der Waals surface area (Å²) in [6.45, 7) is -0.0259. The predicted molar refractivity (Wildman–Crippen MR) is 61.8 cm³/mol. The molecule has 0 aromatic heterocycles. The van der Waals surface area contributed by atoms with Crippen LogP contribution in [0.15, 0.2) is 16.6 Å². The minimum absolute atomic E-state index is 0.0259. The van der Waals surface area contributed by atoms with Crippen molar-refractivity contribution in [3.05, 3.63) is 22.2 Å². The lowest BCUT2D eigenvalue weighted by atomic mass is 9.99. The van der Waals surface area contributed by atoms with Gasteiger partial charge in [-0.25, -0.2) is 0 Å². The molecule has 0 fully saturated rings. The predicted octanol–water partition coefficient (Wildman–Crippen LogP) is 1.29. The molecule has 1 atom stereocenters. The maximum absolute atomic E-state index is 11.0. The van der Waals surface area contributed by atoms with Crippen molar-refractivity contribution in [2.24, 2.45) is 5.73 Å². The Morgan fingerprint density at radius 2 is 2.25 bits per heavy atom. The lowest BCUT2D eigenvalue weighted by Crippen LogP contribution is -2.21. The van der Waals surface area contributed by atoms with Crippen molar-refractivity contribution in [1.29, 1.82) is 0 Å². The molecule has 5 nitrogen and oxygen atoms in total. The molecule has 1 aromatic rings. The van der Waals surface area contributed by atoms with Gasteiger partial charge in [0.15, 0.2) is 11.5 Å². The van der Waals surface area contributed by atoms with E-state index in [0.717, 1.165) is 0 Å². The summed E-state index contributed by atoms with van der Waals surface area (Å²) in [4.78, 5) is 11.0. The zero-order valence-electron chi connectivity index (χ0n) is 8.61. The number of methoxy groups -OCH3 is 1. The van der Waals surface area contributed by atoms with Crippen LogP contribution in [0.1, 0.15) is 11.5 Å². The van der Waals surface area contributed by atoms with E-state index in [9.17, 15) is 9.90 Å². The first-order valence-corrected chi connectivity index (χ1v) is 5.29. The van der Waals surface area contributed by atoms with Gasteiger partial charge in [-0.3, -0.25) is 4.79 Å². The molecule has 0 bridgehead atoms. The van der Waals surface area contributed by atoms with Gasteiger partial charge in [-0.15, -0.1) is 0 Å². The van der Waals surface area contributed by atoms with Crippen molar-refractivity contribution in [2.75, 3.05) is 13.7 Å². The second-order valence-corrected chi connectivity index (χ2v) is 4.03. The average Bonchev–Trinajstić information content (AvgIpc) is 2.21. The Bertz CT molecular complexity index is 408. The van der Waals surface area contributed by atoms with E-state index in [2.05, 4.69) is 15.9 Å². The number of hydrogen-bond donors (Lipinski definition) is 3. The van der Waals surface area contributed by atoms with E-state index in [1.165, 1.54) is 19.2 Å². The van der Waals surface area contributed by atoms with E-state index in [1.54, 1.807) is 0 Å². The van der Waals surface area contributed by atoms with Gasteiger partial charge in [-0.05, 0) is 17.7 Å². The third-order valence-corrected chi connectivity index (χ3v) is 2.89. The number of aromatic hydroxyl groups is 1. The average molecular weight is 290 g/mol. The Kier molecular flexibility index (Phi) is 4.14. The zero-order chi connectivity index (χ0) is 12.3. The van der Waals surface area contributed by atoms with Gasteiger partial charge in [0.1, 0.15) is 0 Å². The van der Waals surface area contributed by atoms with Gasteiger partial charge in [0, 0.05) is 11.0 Å². The smallest absolute Gasteiger partial charge is 0.312 e. The van der Waals surface area contributed by atoms with E-state index in [0.29, 0.717) is 10.0 Å². The van der Waals surface area contributed by atoms with Crippen LogP contribution in [0.3, 0.4) is 0 Å². The highest BCUT2D eigenvalue weighted by molar-refractivity contribution is 9.10. The Morgan fingerprint density at radius 1 is 1.62 bits per heavy atom. The first-order valence-electron chi connectivity index (χ1n) is 4.50. The number of carboxylic acids is 1. The van der Waals surface area contributed by atoms with Gasteiger partial charge < -0.3 is 20.7 Å². The maximum atomic E-state index is 11.0. The number of nitrogens with two attached hydrogens (primary N) is 1. The van der Waals surface area contributed by atoms with E-state index >= 15 is 0 Å². The largest absolute Gasteiger partial charge is 0.504 e. The van der Waals surface area contributed by atoms with Gasteiger partial charge in [0.05, 0.1) is 13.0 Å². The Labute approximate surface area is 101 Å². The molecule has 16 heavy (non-hydrogen) atoms. The van der Waals surface area contributed by atoms with E-state index in [-0.39, 0.29) is 18.0 Å². The van der Waals surface area contributed by atoms with Crippen LogP contribution in [-0.2, 0) is 4.79 Å². The molecule has 0 amide bonds. The Hall–Kier alpha value is -1.27. The summed E-state index contributed by atoms with van der Waals surface area (Å²) in [6, 6.07) is 2.85. The summed E-state index contributed by atoms with van der Waals surface area (Å²) >= 11 is 3.19. The molecule has 0 heterocycles. The first kappa shape index (κ1) is 12.8. The molecular formula is C10H12BrNO4. The van der Waals surface area contributed by atoms with Crippen LogP contribution in [0.5, 0.6) is 11.5 Å². The first-order chi connectivity index (χ1) is 7.51. The molecule has 0 saturated carbocycles. The number of carbonyl (C=O) groups is 1.